The molecule has 1 aromatic heterocycles. The van der Waals surface area contributed by atoms with Gasteiger partial charge in [0.05, 0.1) is 0 Å². The zero-order valence-corrected chi connectivity index (χ0v) is 9.40. The summed E-state index contributed by atoms with van der Waals surface area (Å²) in [4.78, 5) is 10.7. The zero-order chi connectivity index (χ0) is 10.8. The molecule has 1 fully saturated rings. The highest BCUT2D eigenvalue weighted by molar-refractivity contribution is 5.43. The molecule has 2 rings (SSSR count). The van der Waals surface area contributed by atoms with Gasteiger partial charge in [0, 0.05) is 24.8 Å². The third kappa shape index (κ3) is 2.37. The molecule has 0 atom stereocenters. The van der Waals surface area contributed by atoms with Gasteiger partial charge in [0.2, 0.25) is 5.95 Å². The maximum atomic E-state index is 5.64. The van der Waals surface area contributed by atoms with Crippen molar-refractivity contribution in [3.05, 3.63) is 11.8 Å². The molecule has 0 bridgehead atoms. The average molecular weight is 206 g/mol. The van der Waals surface area contributed by atoms with Crippen LogP contribution in [0.2, 0.25) is 0 Å². The first-order valence-electron chi connectivity index (χ1n) is 5.51. The van der Waals surface area contributed by atoms with Crippen LogP contribution in [0.5, 0.6) is 0 Å². The van der Waals surface area contributed by atoms with E-state index in [2.05, 4.69) is 21.8 Å². The highest BCUT2D eigenvalue weighted by Gasteiger charge is 2.17. The van der Waals surface area contributed by atoms with Crippen molar-refractivity contribution in [3.63, 3.8) is 0 Å². The van der Waals surface area contributed by atoms with Crippen LogP contribution in [0.1, 0.15) is 25.5 Å². The monoisotopic (exact) mass is 206 g/mol. The summed E-state index contributed by atoms with van der Waals surface area (Å²) in [5.74, 6) is 2.19. The molecule has 0 saturated carbocycles. The Hall–Kier alpha value is -1.32. The van der Waals surface area contributed by atoms with Gasteiger partial charge in [-0.15, -0.1) is 0 Å². The Morgan fingerprint density at radius 3 is 2.60 bits per heavy atom. The number of rotatable bonds is 1. The molecule has 0 amide bonds. The molecule has 1 saturated heterocycles. The van der Waals surface area contributed by atoms with Crippen molar-refractivity contribution in [2.24, 2.45) is 5.92 Å². The van der Waals surface area contributed by atoms with E-state index in [1.165, 1.54) is 12.8 Å². The van der Waals surface area contributed by atoms with E-state index < -0.39 is 0 Å². The minimum absolute atomic E-state index is 0.378. The van der Waals surface area contributed by atoms with Crippen LogP contribution in [-0.4, -0.2) is 23.1 Å². The summed E-state index contributed by atoms with van der Waals surface area (Å²) in [5.41, 5.74) is 6.59. The number of nitrogens with two attached hydrogens (primary N) is 1. The van der Waals surface area contributed by atoms with E-state index >= 15 is 0 Å². The van der Waals surface area contributed by atoms with Crippen LogP contribution in [0.3, 0.4) is 0 Å². The van der Waals surface area contributed by atoms with E-state index in [1.54, 1.807) is 0 Å². The van der Waals surface area contributed by atoms with Gasteiger partial charge >= 0.3 is 0 Å². The molecule has 2 heterocycles. The number of hydrogen-bond acceptors (Lipinski definition) is 4. The Bertz CT molecular complexity index is 322. The maximum absolute atomic E-state index is 5.64. The predicted molar refractivity (Wildman–Crippen MR) is 61.8 cm³/mol. The lowest BCUT2D eigenvalue weighted by Crippen LogP contribution is -2.33. The summed E-state index contributed by atoms with van der Waals surface area (Å²) in [7, 11) is 0. The molecular formula is C11H18N4. The van der Waals surface area contributed by atoms with Crippen molar-refractivity contribution < 1.29 is 0 Å². The van der Waals surface area contributed by atoms with Gasteiger partial charge in [0.1, 0.15) is 5.82 Å². The number of anilines is 2. The lowest BCUT2D eigenvalue weighted by molar-refractivity contribution is 0.436. The first-order chi connectivity index (χ1) is 7.15. The van der Waals surface area contributed by atoms with Crippen molar-refractivity contribution in [2.75, 3.05) is 23.7 Å². The highest BCUT2D eigenvalue weighted by atomic mass is 15.2. The number of aromatic nitrogens is 2. The second kappa shape index (κ2) is 4.04. The van der Waals surface area contributed by atoms with Crippen LogP contribution in [0, 0.1) is 12.8 Å². The minimum atomic E-state index is 0.378. The van der Waals surface area contributed by atoms with Gasteiger partial charge in [-0.25, -0.2) is 4.98 Å². The van der Waals surface area contributed by atoms with Gasteiger partial charge in [0.15, 0.2) is 0 Å². The van der Waals surface area contributed by atoms with E-state index in [1.807, 2.05) is 13.0 Å². The van der Waals surface area contributed by atoms with Crippen molar-refractivity contribution in [1.82, 2.24) is 9.97 Å². The predicted octanol–water partition coefficient (Wildman–Crippen LogP) is 1.60. The van der Waals surface area contributed by atoms with E-state index in [0.29, 0.717) is 5.95 Å². The molecule has 1 aliphatic heterocycles. The zero-order valence-electron chi connectivity index (χ0n) is 9.40. The minimum Gasteiger partial charge on any atom is -0.368 e. The molecule has 0 radical (unpaired) electrons. The summed E-state index contributed by atoms with van der Waals surface area (Å²) < 4.78 is 0. The van der Waals surface area contributed by atoms with Crippen LogP contribution in [0.4, 0.5) is 11.8 Å². The molecule has 2 N–H and O–H groups in total. The molecule has 1 aliphatic rings. The summed E-state index contributed by atoms with van der Waals surface area (Å²) in [6.45, 7) is 6.42. The van der Waals surface area contributed by atoms with Crippen LogP contribution in [0.25, 0.3) is 0 Å². The molecule has 0 unspecified atom stereocenters. The number of nitrogens with zero attached hydrogens (tertiary/aromatic N) is 3. The lowest BCUT2D eigenvalue weighted by Gasteiger charge is -2.31. The van der Waals surface area contributed by atoms with E-state index in [0.717, 1.165) is 30.5 Å². The molecule has 82 valence electrons. The summed E-state index contributed by atoms with van der Waals surface area (Å²) in [6.07, 6.45) is 2.48. The quantitative estimate of drug-likeness (QED) is 0.758. The standard InChI is InChI=1S/C11H18N4/c1-8-3-5-15(6-4-8)10-7-9(2)13-11(12)14-10/h7-8H,3-6H2,1-2H3,(H2,12,13,14). The molecular weight excluding hydrogens is 188 g/mol. The first-order valence-corrected chi connectivity index (χ1v) is 5.51. The third-order valence-electron chi connectivity index (χ3n) is 2.97. The van der Waals surface area contributed by atoms with Gasteiger partial charge in [-0.2, -0.15) is 4.98 Å². The fraction of sp³-hybridized carbons (Fsp3) is 0.636. The van der Waals surface area contributed by atoms with Gasteiger partial charge in [-0.1, -0.05) is 6.92 Å². The fourth-order valence-corrected chi connectivity index (χ4v) is 1.97. The summed E-state index contributed by atoms with van der Waals surface area (Å²) >= 11 is 0. The highest BCUT2D eigenvalue weighted by Crippen LogP contribution is 2.21. The second-order valence-electron chi connectivity index (χ2n) is 4.40. The maximum Gasteiger partial charge on any atom is 0.222 e. The SMILES string of the molecule is Cc1cc(N2CCC(C)CC2)nc(N)n1. The molecule has 0 aliphatic carbocycles. The third-order valence-corrected chi connectivity index (χ3v) is 2.97. The van der Waals surface area contributed by atoms with Crippen LogP contribution < -0.4 is 10.6 Å². The molecule has 0 aromatic carbocycles. The average Bonchev–Trinajstić information content (AvgIpc) is 2.17. The number of piperidine rings is 1. The molecule has 0 spiro atoms. The number of nitrogen functional groups attached to an aromatic ring is 1. The second-order valence-corrected chi connectivity index (χ2v) is 4.40. The first kappa shape index (κ1) is 10.2. The lowest BCUT2D eigenvalue weighted by atomic mass is 9.99. The summed E-state index contributed by atoms with van der Waals surface area (Å²) in [6, 6.07) is 2.01. The Balaban J connectivity index is 2.15. The normalized spacial score (nSPS) is 18.1. The van der Waals surface area contributed by atoms with Crippen LogP contribution >= 0.6 is 0 Å². The molecule has 15 heavy (non-hydrogen) atoms. The fourth-order valence-electron chi connectivity index (χ4n) is 1.97. The van der Waals surface area contributed by atoms with Crippen molar-refractivity contribution >= 4 is 11.8 Å². The smallest absolute Gasteiger partial charge is 0.222 e. The van der Waals surface area contributed by atoms with E-state index in [9.17, 15) is 0 Å². The molecule has 4 heteroatoms. The molecule has 4 nitrogen and oxygen atoms in total. The Morgan fingerprint density at radius 1 is 1.33 bits per heavy atom. The van der Waals surface area contributed by atoms with Gasteiger partial charge in [-0.05, 0) is 25.7 Å². The Morgan fingerprint density at radius 2 is 2.00 bits per heavy atom. The van der Waals surface area contributed by atoms with E-state index in [4.69, 9.17) is 5.73 Å². The van der Waals surface area contributed by atoms with Gasteiger partial charge in [0.25, 0.3) is 0 Å². The number of aryl methyl sites for hydroxylation is 1. The van der Waals surface area contributed by atoms with Crippen molar-refractivity contribution in [3.8, 4) is 0 Å². The Kier molecular flexibility index (Phi) is 2.75. The van der Waals surface area contributed by atoms with Gasteiger partial charge < -0.3 is 10.6 Å². The Labute approximate surface area is 90.5 Å². The van der Waals surface area contributed by atoms with Crippen LogP contribution in [-0.2, 0) is 0 Å². The van der Waals surface area contributed by atoms with Gasteiger partial charge in [-0.3, -0.25) is 0 Å². The topological polar surface area (TPSA) is 55.0 Å². The molecule has 1 aromatic rings. The van der Waals surface area contributed by atoms with Crippen LogP contribution in [0.15, 0.2) is 6.07 Å². The summed E-state index contributed by atoms with van der Waals surface area (Å²) in [5, 5.41) is 0. The number of hydrogen-bond donors (Lipinski definition) is 1. The largest absolute Gasteiger partial charge is 0.368 e. The van der Waals surface area contributed by atoms with Crippen molar-refractivity contribution in [1.29, 1.82) is 0 Å². The van der Waals surface area contributed by atoms with E-state index in [-0.39, 0.29) is 0 Å². The van der Waals surface area contributed by atoms with Crippen molar-refractivity contribution in [2.45, 2.75) is 26.7 Å².